The molecule has 2 atom stereocenters. The molecule has 5 nitrogen and oxygen atoms in total. The summed E-state index contributed by atoms with van der Waals surface area (Å²) in [6.45, 7) is 0.312. The maximum atomic E-state index is 14.0. The zero-order chi connectivity index (χ0) is 25.6. The molecule has 1 aromatic heterocycles. The molecule has 2 N–H and O–H groups in total. The Kier molecular flexibility index (Phi) is 8.69. The van der Waals surface area contributed by atoms with Crippen LogP contribution in [0.25, 0.3) is 0 Å². The van der Waals surface area contributed by atoms with E-state index < -0.39 is 29.6 Å². The maximum absolute atomic E-state index is 14.0. The minimum Gasteiger partial charge on any atom is -0.494 e. The van der Waals surface area contributed by atoms with Crippen LogP contribution in [-0.2, 0) is 11.0 Å². The van der Waals surface area contributed by atoms with Gasteiger partial charge in [-0.15, -0.1) is 0 Å². The van der Waals surface area contributed by atoms with Gasteiger partial charge in [0.1, 0.15) is 11.7 Å². The summed E-state index contributed by atoms with van der Waals surface area (Å²) in [4.78, 5) is 16.1. The van der Waals surface area contributed by atoms with E-state index in [0.29, 0.717) is 34.7 Å². The van der Waals surface area contributed by atoms with Crippen molar-refractivity contribution in [3.8, 4) is 5.75 Å². The smallest absolute Gasteiger partial charge is 0.433 e. The molecule has 0 aliphatic carbocycles. The van der Waals surface area contributed by atoms with Gasteiger partial charge >= 0.3 is 6.18 Å². The number of carbonyl (C=O) groups is 1. The van der Waals surface area contributed by atoms with E-state index >= 15 is 0 Å². The summed E-state index contributed by atoms with van der Waals surface area (Å²) in [5.74, 6) is -1.24. The number of amides is 1. The van der Waals surface area contributed by atoms with Gasteiger partial charge in [-0.2, -0.15) is 13.2 Å². The van der Waals surface area contributed by atoms with Crippen LogP contribution in [0.15, 0.2) is 60.8 Å². The molecule has 0 aliphatic rings. The number of pyridine rings is 1. The van der Waals surface area contributed by atoms with Crippen LogP contribution in [-0.4, -0.2) is 31.6 Å². The molecule has 0 bridgehead atoms. The average Bonchev–Trinajstić information content (AvgIpc) is 2.84. The molecule has 0 radical (unpaired) electrons. The van der Waals surface area contributed by atoms with Gasteiger partial charge < -0.3 is 15.4 Å². The largest absolute Gasteiger partial charge is 0.494 e. The first-order valence-corrected chi connectivity index (χ1v) is 11.1. The Bertz CT molecular complexity index is 1140. The Labute approximate surface area is 205 Å². The van der Waals surface area contributed by atoms with E-state index in [-0.39, 0.29) is 11.7 Å². The number of nitrogens with one attached hydrogen (secondary N) is 2. The van der Waals surface area contributed by atoms with Crippen molar-refractivity contribution in [2.75, 3.05) is 20.7 Å². The normalized spacial score (nSPS) is 13.2. The monoisotopic (exact) mass is 509 g/mol. The molecular weight excluding hydrogens is 486 g/mol. The maximum Gasteiger partial charge on any atom is 0.433 e. The van der Waals surface area contributed by atoms with Crippen LogP contribution in [0.3, 0.4) is 0 Å². The third kappa shape index (κ3) is 6.70. The SMILES string of the molecule is CNC(=O)[C@H](NCC[C@@H](c1ccc(C(F)(F)F)nc1)c1ccc(F)c(OC)c1)c1ccc(Cl)cc1. The quantitative estimate of drug-likeness (QED) is 0.374. The van der Waals surface area contributed by atoms with Crippen molar-refractivity contribution in [2.24, 2.45) is 0 Å². The third-order valence-electron chi connectivity index (χ3n) is 5.55. The van der Waals surface area contributed by atoms with Crippen molar-refractivity contribution in [3.63, 3.8) is 0 Å². The Hall–Kier alpha value is -3.17. The zero-order valence-electron chi connectivity index (χ0n) is 19.0. The summed E-state index contributed by atoms with van der Waals surface area (Å²) < 4.78 is 58.1. The average molecular weight is 510 g/mol. The first-order valence-electron chi connectivity index (χ1n) is 10.7. The van der Waals surface area contributed by atoms with Crippen molar-refractivity contribution >= 4 is 17.5 Å². The highest BCUT2D eigenvalue weighted by Gasteiger charge is 2.32. The first-order chi connectivity index (χ1) is 16.6. The summed E-state index contributed by atoms with van der Waals surface area (Å²) >= 11 is 5.95. The number of ether oxygens (including phenoxy) is 1. The molecule has 0 saturated carbocycles. The van der Waals surface area contributed by atoms with E-state index in [9.17, 15) is 22.4 Å². The lowest BCUT2D eigenvalue weighted by Crippen LogP contribution is -2.36. The van der Waals surface area contributed by atoms with Crippen molar-refractivity contribution in [1.82, 2.24) is 15.6 Å². The van der Waals surface area contributed by atoms with Crippen molar-refractivity contribution in [2.45, 2.75) is 24.6 Å². The number of halogens is 5. The van der Waals surface area contributed by atoms with Gasteiger partial charge in [0.2, 0.25) is 5.91 Å². The number of benzene rings is 2. The van der Waals surface area contributed by atoms with E-state index in [1.165, 1.54) is 38.6 Å². The molecule has 186 valence electrons. The lowest BCUT2D eigenvalue weighted by atomic mass is 9.89. The molecule has 0 saturated heterocycles. The van der Waals surface area contributed by atoms with Crippen molar-refractivity contribution in [1.29, 1.82) is 0 Å². The number of rotatable bonds is 9. The molecule has 10 heteroatoms. The number of alkyl halides is 3. The van der Waals surface area contributed by atoms with Crippen LogP contribution in [0.5, 0.6) is 5.75 Å². The van der Waals surface area contributed by atoms with Crippen LogP contribution < -0.4 is 15.4 Å². The Morgan fingerprint density at radius 2 is 1.71 bits per heavy atom. The number of aromatic nitrogens is 1. The van der Waals surface area contributed by atoms with Crippen molar-refractivity contribution in [3.05, 3.63) is 94.0 Å². The molecule has 2 aromatic carbocycles. The van der Waals surface area contributed by atoms with Gasteiger partial charge in [-0.05, 0) is 60.0 Å². The van der Waals surface area contributed by atoms with Crippen LogP contribution in [0.2, 0.25) is 5.02 Å². The van der Waals surface area contributed by atoms with E-state index in [0.717, 1.165) is 6.07 Å². The molecule has 1 amide bonds. The second kappa shape index (κ2) is 11.5. The molecule has 3 rings (SSSR count). The van der Waals surface area contributed by atoms with E-state index in [1.807, 2.05) is 0 Å². The summed E-state index contributed by atoms with van der Waals surface area (Å²) in [6.07, 6.45) is -3.02. The van der Waals surface area contributed by atoms with Crippen molar-refractivity contribution < 1.29 is 27.1 Å². The molecule has 0 spiro atoms. The summed E-state index contributed by atoms with van der Waals surface area (Å²) in [7, 11) is 2.85. The topological polar surface area (TPSA) is 63.2 Å². The molecule has 0 fully saturated rings. The van der Waals surface area contributed by atoms with Gasteiger partial charge in [0.25, 0.3) is 0 Å². The van der Waals surface area contributed by atoms with Gasteiger partial charge in [0.15, 0.2) is 11.6 Å². The summed E-state index contributed by atoms with van der Waals surface area (Å²) in [5, 5.41) is 6.34. The fraction of sp³-hybridized carbons (Fsp3) is 0.280. The number of methoxy groups -OCH3 is 1. The molecule has 1 heterocycles. The number of hydrogen-bond donors (Lipinski definition) is 2. The van der Waals surface area contributed by atoms with Gasteiger partial charge in [-0.3, -0.25) is 9.78 Å². The number of carbonyl (C=O) groups excluding carboxylic acids is 1. The van der Waals surface area contributed by atoms with Gasteiger partial charge in [-0.1, -0.05) is 35.9 Å². The third-order valence-corrected chi connectivity index (χ3v) is 5.80. The van der Waals surface area contributed by atoms with Crippen LogP contribution in [0.4, 0.5) is 17.6 Å². The second-order valence-electron chi connectivity index (χ2n) is 7.76. The Morgan fingerprint density at radius 1 is 1.06 bits per heavy atom. The molecule has 0 unspecified atom stereocenters. The van der Waals surface area contributed by atoms with Crippen LogP contribution in [0, 0.1) is 5.82 Å². The minimum absolute atomic E-state index is 0.0183. The first kappa shape index (κ1) is 26.4. The zero-order valence-corrected chi connectivity index (χ0v) is 19.8. The molecule has 35 heavy (non-hydrogen) atoms. The summed E-state index contributed by atoms with van der Waals surface area (Å²) in [5.41, 5.74) is 0.841. The highest BCUT2D eigenvalue weighted by atomic mass is 35.5. The Balaban J connectivity index is 1.87. The standard InChI is InChI=1S/C25H24ClF4N3O2/c1-31-24(34)23(15-3-7-18(26)8-4-15)32-12-11-19(16-5-9-20(27)21(13-16)35-2)17-6-10-22(33-14-17)25(28,29)30/h3-10,13-14,19,23,32H,11-12H2,1-2H3,(H,31,34)/t19-,23-/m1/s1. The highest BCUT2D eigenvalue weighted by Crippen LogP contribution is 2.33. The predicted octanol–water partition coefficient (Wildman–Crippen LogP) is 5.50. The van der Waals surface area contributed by atoms with E-state index in [4.69, 9.17) is 16.3 Å². The number of likely N-dealkylation sites (N-methyl/N-ethyl adjacent to an activating group) is 1. The second-order valence-corrected chi connectivity index (χ2v) is 8.20. The molecule has 3 aromatic rings. The lowest BCUT2D eigenvalue weighted by Gasteiger charge is -2.22. The molecular formula is C25H24ClF4N3O2. The van der Waals surface area contributed by atoms with Crippen LogP contribution in [0.1, 0.15) is 40.8 Å². The number of nitrogens with zero attached hydrogens (tertiary/aromatic N) is 1. The van der Waals surface area contributed by atoms with Gasteiger partial charge in [-0.25, -0.2) is 4.39 Å². The fourth-order valence-electron chi connectivity index (χ4n) is 3.73. The van der Waals surface area contributed by atoms with E-state index in [1.54, 1.807) is 30.3 Å². The number of hydrogen-bond acceptors (Lipinski definition) is 4. The molecule has 0 aliphatic heterocycles. The predicted molar refractivity (Wildman–Crippen MR) is 125 cm³/mol. The fourth-order valence-corrected chi connectivity index (χ4v) is 3.86. The van der Waals surface area contributed by atoms with Gasteiger partial charge in [0, 0.05) is 24.2 Å². The lowest BCUT2D eigenvalue weighted by molar-refractivity contribution is -0.141. The van der Waals surface area contributed by atoms with E-state index in [2.05, 4.69) is 15.6 Å². The van der Waals surface area contributed by atoms with Crippen LogP contribution >= 0.6 is 11.6 Å². The highest BCUT2D eigenvalue weighted by molar-refractivity contribution is 6.30. The van der Waals surface area contributed by atoms with Gasteiger partial charge in [0.05, 0.1) is 7.11 Å². The Morgan fingerprint density at radius 3 is 2.29 bits per heavy atom. The summed E-state index contributed by atoms with van der Waals surface area (Å²) in [6, 6.07) is 12.7. The minimum atomic E-state index is -4.56.